The van der Waals surface area contributed by atoms with Crippen molar-refractivity contribution < 1.29 is 23.2 Å². The number of hydrogen-bond acceptors (Lipinski definition) is 7. The molecule has 8 nitrogen and oxygen atoms in total. The van der Waals surface area contributed by atoms with Crippen LogP contribution in [0.15, 0.2) is 27.3 Å². The van der Waals surface area contributed by atoms with Crippen LogP contribution in [-0.4, -0.2) is 47.8 Å². The van der Waals surface area contributed by atoms with Gasteiger partial charge in [-0.05, 0) is 25.0 Å². The van der Waals surface area contributed by atoms with Gasteiger partial charge in [0.05, 0.1) is 25.5 Å². The fraction of sp³-hybridized carbons (Fsp3) is 0.533. The summed E-state index contributed by atoms with van der Waals surface area (Å²) in [6.45, 7) is 1.85. The number of rotatable bonds is 7. The second-order valence-electron chi connectivity index (χ2n) is 5.23. The molecule has 1 saturated heterocycles. The van der Waals surface area contributed by atoms with Crippen LogP contribution in [0.2, 0.25) is 0 Å². The highest BCUT2D eigenvalue weighted by Gasteiger charge is 2.34. The highest BCUT2D eigenvalue weighted by Crippen LogP contribution is 2.31. The average molecular weight is 321 g/mol. The van der Waals surface area contributed by atoms with Crippen LogP contribution >= 0.6 is 0 Å². The van der Waals surface area contributed by atoms with Crippen LogP contribution < -0.4 is 0 Å². The van der Waals surface area contributed by atoms with Crippen molar-refractivity contribution in [2.45, 2.75) is 25.5 Å². The summed E-state index contributed by atoms with van der Waals surface area (Å²) in [5.41, 5.74) is 0. The molecule has 8 heteroatoms. The molecule has 3 heterocycles. The Bertz CT molecular complexity index is 625. The van der Waals surface area contributed by atoms with Gasteiger partial charge in [-0.25, -0.2) is 0 Å². The van der Waals surface area contributed by atoms with Gasteiger partial charge < -0.3 is 23.3 Å². The van der Waals surface area contributed by atoms with Crippen molar-refractivity contribution in [3.63, 3.8) is 0 Å². The largest absolute Gasteiger partial charge is 0.459 e. The molecule has 0 radical (unpaired) electrons. The highest BCUT2D eigenvalue weighted by molar-refractivity contribution is 5.91. The first-order valence-electron chi connectivity index (χ1n) is 7.53. The maximum Gasteiger partial charge on any atom is 0.290 e. The van der Waals surface area contributed by atoms with E-state index in [0.29, 0.717) is 37.2 Å². The van der Waals surface area contributed by atoms with E-state index in [1.807, 2.05) is 0 Å². The number of likely N-dealkylation sites (tertiary alicyclic amines) is 1. The van der Waals surface area contributed by atoms with Gasteiger partial charge in [0.25, 0.3) is 11.8 Å². The summed E-state index contributed by atoms with van der Waals surface area (Å²) in [6.07, 6.45) is 3.18. The number of ether oxygens (including phenoxy) is 2. The molecular formula is C15H19N3O5. The van der Waals surface area contributed by atoms with E-state index in [-0.39, 0.29) is 18.6 Å². The predicted molar refractivity (Wildman–Crippen MR) is 77.5 cm³/mol. The van der Waals surface area contributed by atoms with Crippen LogP contribution in [0.1, 0.15) is 41.2 Å². The molecule has 2 aromatic rings. The van der Waals surface area contributed by atoms with E-state index in [1.54, 1.807) is 24.1 Å². The van der Waals surface area contributed by atoms with Crippen LogP contribution in [0.5, 0.6) is 0 Å². The third-order valence-corrected chi connectivity index (χ3v) is 3.68. The number of nitrogens with zero attached hydrogens (tertiary/aromatic N) is 3. The number of amides is 1. The molecule has 1 unspecified atom stereocenters. The Labute approximate surface area is 133 Å². The molecule has 0 N–H and O–H groups in total. The van der Waals surface area contributed by atoms with Crippen LogP contribution in [-0.2, 0) is 16.1 Å². The zero-order valence-corrected chi connectivity index (χ0v) is 12.9. The second kappa shape index (κ2) is 7.38. The molecule has 1 aliphatic heterocycles. The molecule has 1 aliphatic rings. The summed E-state index contributed by atoms with van der Waals surface area (Å²) in [4.78, 5) is 18.5. The zero-order valence-electron chi connectivity index (χ0n) is 12.9. The fourth-order valence-electron chi connectivity index (χ4n) is 2.58. The third kappa shape index (κ3) is 3.59. The van der Waals surface area contributed by atoms with Crippen LogP contribution in [0, 0.1) is 0 Å². The van der Waals surface area contributed by atoms with Gasteiger partial charge in [0.1, 0.15) is 6.61 Å². The Morgan fingerprint density at radius 1 is 1.48 bits per heavy atom. The summed E-state index contributed by atoms with van der Waals surface area (Å²) < 4.78 is 20.6. The number of carbonyl (C=O) groups is 1. The molecule has 0 spiro atoms. The maximum atomic E-state index is 12.4. The lowest BCUT2D eigenvalue weighted by Gasteiger charge is -2.20. The standard InChI is InChI=1S/C15H19N3O5/c1-20-8-9-21-10-13-16-14(17-23-13)11-4-2-6-18(11)15(19)12-5-3-7-22-12/h3,5,7,11H,2,4,6,8-10H2,1H3. The highest BCUT2D eigenvalue weighted by atomic mass is 16.5. The molecule has 0 bridgehead atoms. The summed E-state index contributed by atoms with van der Waals surface area (Å²) in [7, 11) is 1.61. The van der Waals surface area contributed by atoms with Gasteiger partial charge in [-0.3, -0.25) is 4.79 Å². The first-order chi connectivity index (χ1) is 11.3. The van der Waals surface area contributed by atoms with Crippen molar-refractivity contribution in [2.75, 3.05) is 26.9 Å². The molecule has 0 aliphatic carbocycles. The molecule has 0 aromatic carbocycles. The van der Waals surface area contributed by atoms with Crippen LogP contribution in [0.4, 0.5) is 0 Å². The topological polar surface area (TPSA) is 90.8 Å². The molecule has 0 saturated carbocycles. The Morgan fingerprint density at radius 2 is 2.39 bits per heavy atom. The molecule has 124 valence electrons. The number of aromatic nitrogens is 2. The number of furan rings is 1. The van der Waals surface area contributed by atoms with Gasteiger partial charge in [-0.1, -0.05) is 5.16 Å². The first-order valence-corrected chi connectivity index (χ1v) is 7.53. The van der Waals surface area contributed by atoms with Crippen molar-refractivity contribution in [1.29, 1.82) is 0 Å². The van der Waals surface area contributed by atoms with Gasteiger partial charge in [-0.2, -0.15) is 4.98 Å². The first kappa shape index (κ1) is 15.7. The van der Waals surface area contributed by atoms with E-state index in [9.17, 15) is 4.79 Å². The maximum absolute atomic E-state index is 12.4. The van der Waals surface area contributed by atoms with E-state index < -0.39 is 0 Å². The van der Waals surface area contributed by atoms with Crippen molar-refractivity contribution in [3.8, 4) is 0 Å². The molecule has 2 aromatic heterocycles. The molecule has 3 rings (SSSR count). The number of carbonyl (C=O) groups excluding carboxylic acids is 1. The number of methoxy groups -OCH3 is 1. The summed E-state index contributed by atoms with van der Waals surface area (Å²) in [5, 5.41) is 3.99. The van der Waals surface area contributed by atoms with Gasteiger partial charge in [0.2, 0.25) is 0 Å². The lowest BCUT2D eigenvalue weighted by atomic mass is 10.2. The third-order valence-electron chi connectivity index (χ3n) is 3.68. The minimum absolute atomic E-state index is 0.153. The average Bonchev–Trinajstić information content (AvgIpc) is 3.31. The van der Waals surface area contributed by atoms with Crippen molar-refractivity contribution in [2.24, 2.45) is 0 Å². The zero-order chi connectivity index (χ0) is 16.1. The van der Waals surface area contributed by atoms with Crippen molar-refractivity contribution >= 4 is 5.91 Å². The molecule has 1 atom stereocenters. The molecular weight excluding hydrogens is 302 g/mol. The van der Waals surface area contributed by atoms with Gasteiger partial charge in [0.15, 0.2) is 11.6 Å². The Morgan fingerprint density at radius 3 is 3.17 bits per heavy atom. The Hall–Kier alpha value is -2.19. The normalized spacial score (nSPS) is 17.8. The van der Waals surface area contributed by atoms with Gasteiger partial charge in [0, 0.05) is 13.7 Å². The van der Waals surface area contributed by atoms with Crippen LogP contribution in [0.25, 0.3) is 0 Å². The van der Waals surface area contributed by atoms with Crippen LogP contribution in [0.3, 0.4) is 0 Å². The van der Waals surface area contributed by atoms with Gasteiger partial charge >= 0.3 is 0 Å². The van der Waals surface area contributed by atoms with E-state index in [2.05, 4.69) is 10.1 Å². The number of hydrogen-bond donors (Lipinski definition) is 0. The van der Waals surface area contributed by atoms with Gasteiger partial charge in [-0.15, -0.1) is 0 Å². The Kier molecular flexibility index (Phi) is 5.04. The fourth-order valence-corrected chi connectivity index (χ4v) is 2.58. The van der Waals surface area contributed by atoms with E-state index in [4.69, 9.17) is 18.4 Å². The Balaban J connectivity index is 1.64. The second-order valence-corrected chi connectivity index (χ2v) is 5.23. The SMILES string of the molecule is COCCOCc1nc(C2CCCN2C(=O)c2ccco2)no1. The molecule has 23 heavy (non-hydrogen) atoms. The lowest BCUT2D eigenvalue weighted by molar-refractivity contribution is 0.0494. The minimum Gasteiger partial charge on any atom is -0.459 e. The quantitative estimate of drug-likeness (QED) is 0.718. The molecule has 1 fully saturated rings. The van der Waals surface area contributed by atoms with E-state index in [1.165, 1.54) is 6.26 Å². The summed E-state index contributed by atoms with van der Waals surface area (Å²) >= 11 is 0. The predicted octanol–water partition coefficient (Wildman–Crippen LogP) is 1.80. The minimum atomic E-state index is -0.191. The van der Waals surface area contributed by atoms with E-state index >= 15 is 0 Å². The smallest absolute Gasteiger partial charge is 0.290 e. The summed E-state index contributed by atoms with van der Waals surface area (Å²) in [5.74, 6) is 1.07. The van der Waals surface area contributed by atoms with Crippen molar-refractivity contribution in [3.05, 3.63) is 35.9 Å². The molecule has 1 amide bonds. The lowest BCUT2D eigenvalue weighted by Crippen LogP contribution is -2.30. The van der Waals surface area contributed by atoms with Crippen molar-refractivity contribution in [1.82, 2.24) is 15.0 Å². The monoisotopic (exact) mass is 321 g/mol. The summed E-state index contributed by atoms with van der Waals surface area (Å²) in [6, 6.07) is 3.16. The van der Waals surface area contributed by atoms with E-state index in [0.717, 1.165) is 12.8 Å².